The van der Waals surface area contributed by atoms with E-state index in [1.807, 2.05) is 0 Å². The summed E-state index contributed by atoms with van der Waals surface area (Å²) in [4.78, 5) is 4.71. The van der Waals surface area contributed by atoms with Gasteiger partial charge in [0.15, 0.2) is 0 Å². The molecule has 0 unspecified atom stereocenters. The van der Waals surface area contributed by atoms with Crippen LogP contribution in [0.2, 0.25) is 0 Å². The van der Waals surface area contributed by atoms with E-state index in [2.05, 4.69) is 35.4 Å². The second kappa shape index (κ2) is 7.19. The lowest BCUT2D eigenvalue weighted by molar-refractivity contribution is 0.0905. The standard InChI is InChI=1S/C14H25N3O2S2/c1-12(2)13(17-8-6-16(3)7-9-17)11-15-21(18,19)14-5-4-10-20-14/h4-5,10,12-13,15H,6-9,11H2,1-3H3/t13-/m0/s1. The average Bonchev–Trinajstić information content (AvgIpc) is 2.95. The molecule has 0 bridgehead atoms. The van der Waals surface area contributed by atoms with Crippen molar-refractivity contribution >= 4 is 21.4 Å². The lowest BCUT2D eigenvalue weighted by Crippen LogP contribution is -2.54. The Morgan fingerprint density at radius 2 is 1.95 bits per heavy atom. The van der Waals surface area contributed by atoms with Crippen LogP contribution in [0.15, 0.2) is 21.7 Å². The Bertz CT molecular complexity index is 520. The molecule has 1 aromatic rings. The van der Waals surface area contributed by atoms with E-state index >= 15 is 0 Å². The Morgan fingerprint density at radius 1 is 1.29 bits per heavy atom. The van der Waals surface area contributed by atoms with Gasteiger partial charge in [0.25, 0.3) is 0 Å². The minimum absolute atomic E-state index is 0.244. The van der Waals surface area contributed by atoms with Gasteiger partial charge in [-0.15, -0.1) is 11.3 Å². The van der Waals surface area contributed by atoms with Crippen molar-refractivity contribution < 1.29 is 8.42 Å². The molecule has 0 spiro atoms. The number of piperazine rings is 1. The van der Waals surface area contributed by atoms with Gasteiger partial charge in [-0.2, -0.15) is 0 Å². The van der Waals surface area contributed by atoms with Gasteiger partial charge in [-0.1, -0.05) is 19.9 Å². The fraction of sp³-hybridized carbons (Fsp3) is 0.714. The van der Waals surface area contributed by atoms with Crippen molar-refractivity contribution in [2.24, 2.45) is 5.92 Å². The fourth-order valence-corrected chi connectivity index (χ4v) is 4.71. The van der Waals surface area contributed by atoms with Crippen LogP contribution in [0.5, 0.6) is 0 Å². The summed E-state index contributed by atoms with van der Waals surface area (Å²) in [5.41, 5.74) is 0. The molecule has 0 amide bonds. The lowest BCUT2D eigenvalue weighted by atomic mass is 10.0. The Hall–Kier alpha value is -0.470. The minimum Gasteiger partial charge on any atom is -0.304 e. The van der Waals surface area contributed by atoms with E-state index in [4.69, 9.17) is 0 Å². The molecule has 120 valence electrons. The smallest absolute Gasteiger partial charge is 0.250 e. The van der Waals surface area contributed by atoms with E-state index < -0.39 is 10.0 Å². The van der Waals surface area contributed by atoms with Crippen molar-refractivity contribution in [2.45, 2.75) is 24.1 Å². The number of thiophene rings is 1. The monoisotopic (exact) mass is 331 g/mol. The highest BCUT2D eigenvalue weighted by atomic mass is 32.2. The third-order valence-electron chi connectivity index (χ3n) is 4.02. The maximum atomic E-state index is 12.2. The predicted molar refractivity (Wildman–Crippen MR) is 87.2 cm³/mol. The molecule has 5 nitrogen and oxygen atoms in total. The van der Waals surface area contributed by atoms with Crippen molar-refractivity contribution in [3.8, 4) is 0 Å². The zero-order chi connectivity index (χ0) is 15.5. The molecule has 0 radical (unpaired) electrons. The van der Waals surface area contributed by atoms with Crippen LogP contribution >= 0.6 is 11.3 Å². The predicted octanol–water partition coefficient (Wildman–Crippen LogP) is 1.30. The molecule has 1 saturated heterocycles. The summed E-state index contributed by atoms with van der Waals surface area (Å²) in [6.07, 6.45) is 0. The van der Waals surface area contributed by atoms with E-state index in [0.717, 1.165) is 26.2 Å². The van der Waals surface area contributed by atoms with Crippen molar-refractivity contribution in [1.82, 2.24) is 14.5 Å². The summed E-state index contributed by atoms with van der Waals surface area (Å²) >= 11 is 1.26. The zero-order valence-electron chi connectivity index (χ0n) is 12.9. The largest absolute Gasteiger partial charge is 0.304 e. The van der Waals surface area contributed by atoms with Crippen molar-refractivity contribution in [1.29, 1.82) is 0 Å². The quantitative estimate of drug-likeness (QED) is 0.854. The summed E-state index contributed by atoms with van der Waals surface area (Å²) in [5, 5.41) is 1.79. The Morgan fingerprint density at radius 3 is 2.48 bits per heavy atom. The van der Waals surface area contributed by atoms with Gasteiger partial charge in [-0.25, -0.2) is 13.1 Å². The number of nitrogens with zero attached hydrogens (tertiary/aromatic N) is 2. The normalized spacial score (nSPS) is 20.0. The molecule has 0 aliphatic carbocycles. The van der Waals surface area contributed by atoms with Gasteiger partial charge in [-0.3, -0.25) is 4.90 Å². The molecule has 1 aliphatic rings. The van der Waals surface area contributed by atoms with Crippen molar-refractivity contribution in [3.05, 3.63) is 17.5 Å². The van der Waals surface area contributed by atoms with Crippen molar-refractivity contribution in [3.63, 3.8) is 0 Å². The Kier molecular flexibility index (Phi) is 5.79. The van der Waals surface area contributed by atoms with Crippen molar-refractivity contribution in [2.75, 3.05) is 39.8 Å². The first-order valence-corrected chi connectivity index (χ1v) is 9.72. The molecule has 0 aromatic carbocycles. The number of hydrogen-bond acceptors (Lipinski definition) is 5. The molecule has 21 heavy (non-hydrogen) atoms. The number of likely N-dealkylation sites (N-methyl/N-ethyl adjacent to an activating group) is 1. The van der Waals surface area contributed by atoms with E-state index in [0.29, 0.717) is 16.7 Å². The summed E-state index contributed by atoms with van der Waals surface area (Å²) in [7, 11) is -1.24. The van der Waals surface area contributed by atoms with Gasteiger partial charge in [0.2, 0.25) is 10.0 Å². The maximum Gasteiger partial charge on any atom is 0.250 e. The summed E-state index contributed by atoms with van der Waals surface area (Å²) in [5.74, 6) is 0.416. The van der Waals surface area contributed by atoms with Crippen LogP contribution in [-0.4, -0.2) is 64.0 Å². The van der Waals surface area contributed by atoms with E-state index in [-0.39, 0.29) is 6.04 Å². The molecule has 2 rings (SSSR count). The second-order valence-electron chi connectivity index (χ2n) is 5.93. The first kappa shape index (κ1) is 16.9. The van der Waals surface area contributed by atoms with Gasteiger partial charge >= 0.3 is 0 Å². The average molecular weight is 332 g/mol. The number of nitrogens with one attached hydrogen (secondary N) is 1. The highest BCUT2D eigenvalue weighted by Gasteiger charge is 2.26. The van der Waals surface area contributed by atoms with E-state index in [1.165, 1.54) is 11.3 Å². The van der Waals surface area contributed by atoms with Crippen LogP contribution in [0.1, 0.15) is 13.8 Å². The van der Waals surface area contributed by atoms with Crippen LogP contribution in [0, 0.1) is 5.92 Å². The van der Waals surface area contributed by atoms with E-state index in [9.17, 15) is 8.42 Å². The summed E-state index contributed by atoms with van der Waals surface area (Å²) in [6, 6.07) is 3.65. The fourth-order valence-electron chi connectivity index (χ4n) is 2.62. The molecule has 1 aromatic heterocycles. The summed E-state index contributed by atoms with van der Waals surface area (Å²) in [6.45, 7) is 8.87. The Balaban J connectivity index is 1.97. The number of rotatable bonds is 6. The van der Waals surface area contributed by atoms with Crippen LogP contribution < -0.4 is 4.72 Å². The zero-order valence-corrected chi connectivity index (χ0v) is 14.6. The van der Waals surface area contributed by atoms with Crippen LogP contribution in [0.25, 0.3) is 0 Å². The topological polar surface area (TPSA) is 52.7 Å². The molecular formula is C14H25N3O2S2. The minimum atomic E-state index is -3.36. The maximum absolute atomic E-state index is 12.2. The first-order valence-electron chi connectivity index (χ1n) is 7.36. The number of sulfonamides is 1. The molecule has 1 fully saturated rings. The van der Waals surface area contributed by atoms with Crippen LogP contribution in [-0.2, 0) is 10.0 Å². The highest BCUT2D eigenvalue weighted by molar-refractivity contribution is 7.91. The Labute approximate surface area is 132 Å². The van der Waals surface area contributed by atoms with Gasteiger partial charge in [0.1, 0.15) is 4.21 Å². The molecule has 0 saturated carbocycles. The molecule has 1 atom stereocenters. The molecule has 1 N–H and O–H groups in total. The van der Waals surface area contributed by atoms with Gasteiger partial charge in [0.05, 0.1) is 0 Å². The molecule has 2 heterocycles. The van der Waals surface area contributed by atoms with Gasteiger partial charge in [-0.05, 0) is 24.4 Å². The van der Waals surface area contributed by atoms with Crippen LogP contribution in [0.3, 0.4) is 0 Å². The lowest BCUT2D eigenvalue weighted by Gasteiger charge is -2.39. The van der Waals surface area contributed by atoms with Gasteiger partial charge in [0, 0.05) is 38.8 Å². The summed E-state index contributed by atoms with van der Waals surface area (Å²) < 4.78 is 27.6. The molecule has 1 aliphatic heterocycles. The molecular weight excluding hydrogens is 306 g/mol. The van der Waals surface area contributed by atoms with E-state index in [1.54, 1.807) is 17.5 Å². The SMILES string of the molecule is CC(C)[C@H](CNS(=O)(=O)c1cccs1)N1CCN(C)CC1. The van der Waals surface area contributed by atoms with Crippen LogP contribution in [0.4, 0.5) is 0 Å². The second-order valence-corrected chi connectivity index (χ2v) is 8.88. The third-order valence-corrected chi connectivity index (χ3v) is 6.84. The number of hydrogen-bond donors (Lipinski definition) is 1. The molecule has 7 heteroatoms. The third kappa shape index (κ3) is 4.50. The van der Waals surface area contributed by atoms with Gasteiger partial charge < -0.3 is 4.90 Å². The highest BCUT2D eigenvalue weighted by Crippen LogP contribution is 2.17. The first-order chi connectivity index (χ1) is 9.90.